The lowest BCUT2D eigenvalue weighted by Gasteiger charge is -2.34. The maximum Gasteiger partial charge on any atom is 0.416 e. The summed E-state index contributed by atoms with van der Waals surface area (Å²) >= 11 is 0. The van der Waals surface area contributed by atoms with Crippen LogP contribution in [-0.2, 0) is 12.7 Å². The molecule has 4 aromatic rings. The molecule has 3 aromatic carbocycles. The molecular weight excluding hydrogens is 525 g/mol. The van der Waals surface area contributed by atoms with Gasteiger partial charge in [0, 0.05) is 66.8 Å². The molecule has 1 aromatic heterocycles. The number of nitrogens with zero attached hydrogens (tertiary/aromatic N) is 3. The van der Waals surface area contributed by atoms with Gasteiger partial charge in [-0.05, 0) is 57.0 Å². The molecule has 3 heterocycles. The van der Waals surface area contributed by atoms with E-state index in [0.717, 1.165) is 54.8 Å². The molecule has 2 unspecified atom stereocenters. The van der Waals surface area contributed by atoms with Crippen molar-refractivity contribution in [2.45, 2.75) is 52.0 Å². The van der Waals surface area contributed by atoms with E-state index < -0.39 is 11.7 Å². The van der Waals surface area contributed by atoms with E-state index in [1.165, 1.54) is 16.7 Å². The maximum absolute atomic E-state index is 13.8. The minimum Gasteiger partial charge on any atom is -0.492 e. The van der Waals surface area contributed by atoms with E-state index in [2.05, 4.69) is 52.1 Å². The second-order valence-electron chi connectivity index (χ2n) is 11.5. The SMILES string of the molecule is Cc1cc(C)cc(CN2CC3CC2CN3CCOc2cc(Nc3cc(C)nc4ccccc34)cc(C(F)(F)F)c2)c1. The number of benzene rings is 3. The first-order valence-electron chi connectivity index (χ1n) is 14.1. The van der Waals surface area contributed by atoms with Crippen LogP contribution in [-0.4, -0.2) is 53.1 Å². The number of pyridine rings is 1. The molecule has 2 saturated heterocycles. The number of hydrogen-bond donors (Lipinski definition) is 1. The molecule has 0 aliphatic carbocycles. The molecule has 2 aliphatic rings. The van der Waals surface area contributed by atoms with Crippen LogP contribution in [0, 0.1) is 20.8 Å². The van der Waals surface area contributed by atoms with Crippen molar-refractivity contribution < 1.29 is 17.9 Å². The standard InChI is InChI=1S/C33H35F3N4O/c1-21-10-22(2)12-24(11-21)18-40-20-27-17-28(40)19-39(27)8-9-41-29-15-25(33(34,35)36)14-26(16-29)38-32-13-23(3)37-31-7-5-4-6-30(31)32/h4-7,10-16,27-28H,8-9,17-20H2,1-3H3,(H,37,38). The van der Waals surface area contributed by atoms with Crippen LogP contribution in [0.3, 0.4) is 0 Å². The first-order chi connectivity index (χ1) is 19.6. The summed E-state index contributed by atoms with van der Waals surface area (Å²) in [5.41, 5.74) is 5.79. The lowest BCUT2D eigenvalue weighted by Crippen LogP contribution is -2.47. The fourth-order valence-electron chi connectivity index (χ4n) is 6.46. The van der Waals surface area contributed by atoms with Crippen molar-refractivity contribution in [3.63, 3.8) is 0 Å². The largest absolute Gasteiger partial charge is 0.492 e. The minimum absolute atomic E-state index is 0.207. The predicted octanol–water partition coefficient (Wildman–Crippen LogP) is 7.26. The molecule has 5 nitrogen and oxygen atoms in total. The highest BCUT2D eigenvalue weighted by molar-refractivity contribution is 5.93. The summed E-state index contributed by atoms with van der Waals surface area (Å²) in [5, 5.41) is 4.03. The summed E-state index contributed by atoms with van der Waals surface area (Å²) in [4.78, 5) is 9.51. The number of aromatic nitrogens is 1. The number of nitrogens with one attached hydrogen (secondary N) is 1. The number of halogens is 3. The Labute approximate surface area is 238 Å². The Kier molecular flexibility index (Phi) is 7.38. The molecule has 1 N–H and O–H groups in total. The van der Waals surface area contributed by atoms with Gasteiger partial charge < -0.3 is 10.1 Å². The fourth-order valence-corrected chi connectivity index (χ4v) is 6.46. The average molecular weight is 561 g/mol. The molecule has 2 bridgehead atoms. The van der Waals surface area contributed by atoms with Gasteiger partial charge in [0.2, 0.25) is 0 Å². The number of aryl methyl sites for hydroxylation is 3. The van der Waals surface area contributed by atoms with E-state index >= 15 is 0 Å². The molecule has 41 heavy (non-hydrogen) atoms. The zero-order valence-corrected chi connectivity index (χ0v) is 23.6. The molecule has 0 radical (unpaired) electrons. The Balaban J connectivity index is 1.11. The second-order valence-corrected chi connectivity index (χ2v) is 11.5. The smallest absolute Gasteiger partial charge is 0.416 e. The van der Waals surface area contributed by atoms with E-state index in [-0.39, 0.29) is 5.75 Å². The topological polar surface area (TPSA) is 40.6 Å². The number of rotatable bonds is 8. The number of para-hydroxylation sites is 1. The molecule has 2 aliphatic heterocycles. The third-order valence-electron chi connectivity index (χ3n) is 8.14. The van der Waals surface area contributed by atoms with Crippen LogP contribution in [0.4, 0.5) is 24.5 Å². The predicted molar refractivity (Wildman–Crippen MR) is 157 cm³/mol. The molecule has 0 saturated carbocycles. The summed E-state index contributed by atoms with van der Waals surface area (Å²) in [7, 11) is 0. The lowest BCUT2D eigenvalue weighted by molar-refractivity contribution is -0.137. The number of piperazine rings is 1. The van der Waals surface area contributed by atoms with Crippen LogP contribution in [0.1, 0.15) is 34.4 Å². The Hall–Kier alpha value is -3.62. The van der Waals surface area contributed by atoms with E-state index in [4.69, 9.17) is 4.74 Å². The molecule has 6 rings (SSSR count). The molecule has 2 fully saturated rings. The third-order valence-corrected chi connectivity index (χ3v) is 8.14. The zero-order valence-electron chi connectivity index (χ0n) is 23.6. The molecule has 214 valence electrons. The molecule has 0 amide bonds. The van der Waals surface area contributed by atoms with Gasteiger partial charge in [-0.2, -0.15) is 13.2 Å². The maximum atomic E-state index is 13.8. The highest BCUT2D eigenvalue weighted by atomic mass is 19.4. The van der Waals surface area contributed by atoms with Crippen LogP contribution < -0.4 is 10.1 Å². The van der Waals surface area contributed by atoms with E-state index in [9.17, 15) is 13.2 Å². The van der Waals surface area contributed by atoms with Crippen molar-refractivity contribution >= 4 is 22.3 Å². The van der Waals surface area contributed by atoms with Crippen molar-refractivity contribution in [1.82, 2.24) is 14.8 Å². The third kappa shape index (κ3) is 6.19. The average Bonchev–Trinajstić information content (AvgIpc) is 3.48. The van der Waals surface area contributed by atoms with Gasteiger partial charge in [-0.25, -0.2) is 0 Å². The summed E-state index contributed by atoms with van der Waals surface area (Å²) in [5.74, 6) is 0.207. The number of alkyl halides is 3. The van der Waals surface area contributed by atoms with E-state index in [1.807, 2.05) is 37.3 Å². The van der Waals surface area contributed by atoms with Crippen molar-refractivity contribution in [3.05, 3.63) is 94.7 Å². The van der Waals surface area contributed by atoms with Crippen molar-refractivity contribution in [2.24, 2.45) is 0 Å². The Bertz CT molecular complexity index is 1550. The lowest BCUT2D eigenvalue weighted by atomic mass is 10.1. The Morgan fingerprint density at radius 3 is 2.37 bits per heavy atom. The number of hydrogen-bond acceptors (Lipinski definition) is 5. The highest BCUT2D eigenvalue weighted by Gasteiger charge is 2.42. The highest BCUT2D eigenvalue weighted by Crippen LogP contribution is 2.36. The summed E-state index contributed by atoms with van der Waals surface area (Å²) in [6.07, 6.45) is -3.36. The van der Waals surface area contributed by atoms with Crippen LogP contribution >= 0.6 is 0 Å². The van der Waals surface area contributed by atoms with E-state index in [1.54, 1.807) is 6.07 Å². The van der Waals surface area contributed by atoms with Gasteiger partial charge in [-0.15, -0.1) is 0 Å². The first kappa shape index (κ1) is 27.5. The Morgan fingerprint density at radius 2 is 1.63 bits per heavy atom. The van der Waals surface area contributed by atoms with Crippen LogP contribution in [0.25, 0.3) is 10.9 Å². The van der Waals surface area contributed by atoms with E-state index in [0.29, 0.717) is 36.6 Å². The Morgan fingerprint density at radius 1 is 0.902 bits per heavy atom. The van der Waals surface area contributed by atoms with Gasteiger partial charge in [0.25, 0.3) is 0 Å². The quantitative estimate of drug-likeness (QED) is 0.246. The normalized spacial score (nSPS) is 19.3. The zero-order chi connectivity index (χ0) is 28.7. The fraction of sp³-hybridized carbons (Fsp3) is 0.364. The summed E-state index contributed by atoms with van der Waals surface area (Å²) in [6, 6.07) is 21.0. The van der Waals surface area contributed by atoms with Gasteiger partial charge in [0.05, 0.1) is 11.1 Å². The number of anilines is 2. The second kappa shape index (κ2) is 11.0. The van der Waals surface area contributed by atoms with Crippen LogP contribution in [0.2, 0.25) is 0 Å². The number of likely N-dealkylation sites (tertiary alicyclic amines) is 2. The van der Waals surface area contributed by atoms with Crippen LogP contribution in [0.15, 0.2) is 66.7 Å². The van der Waals surface area contributed by atoms with Gasteiger partial charge >= 0.3 is 6.18 Å². The summed E-state index contributed by atoms with van der Waals surface area (Å²) in [6.45, 7) is 10.1. The van der Waals surface area contributed by atoms with Crippen LogP contribution in [0.5, 0.6) is 5.75 Å². The molecule has 0 spiro atoms. The number of fused-ring (bicyclic) bond motifs is 3. The van der Waals surface area contributed by atoms with Crippen molar-refractivity contribution in [1.29, 1.82) is 0 Å². The monoisotopic (exact) mass is 560 g/mol. The number of ether oxygens (including phenoxy) is 1. The molecule has 8 heteroatoms. The minimum atomic E-state index is -4.49. The van der Waals surface area contributed by atoms with Gasteiger partial charge in [-0.1, -0.05) is 47.5 Å². The van der Waals surface area contributed by atoms with Gasteiger partial charge in [0.1, 0.15) is 12.4 Å². The molecular formula is C33H35F3N4O. The van der Waals surface area contributed by atoms with Crippen molar-refractivity contribution in [3.8, 4) is 5.75 Å². The van der Waals surface area contributed by atoms with Gasteiger partial charge in [0.15, 0.2) is 0 Å². The first-order valence-corrected chi connectivity index (χ1v) is 14.1. The molecule has 2 atom stereocenters. The summed E-state index contributed by atoms with van der Waals surface area (Å²) < 4.78 is 47.4. The van der Waals surface area contributed by atoms with Gasteiger partial charge in [-0.3, -0.25) is 14.8 Å². The van der Waals surface area contributed by atoms with Crippen molar-refractivity contribution in [2.75, 3.05) is 31.6 Å².